The van der Waals surface area contributed by atoms with Gasteiger partial charge in [0.05, 0.1) is 12.8 Å². The van der Waals surface area contributed by atoms with Crippen LogP contribution in [0.4, 0.5) is 11.5 Å². The number of imidazole rings is 1. The number of halogens is 1. The molecule has 2 heterocycles. The number of anilines is 2. The molecule has 4 aromatic rings. The Balaban J connectivity index is 1.96. The van der Waals surface area contributed by atoms with Crippen LogP contribution in [-0.2, 0) is 0 Å². The fourth-order valence-electron chi connectivity index (χ4n) is 3.03. The van der Waals surface area contributed by atoms with Crippen molar-refractivity contribution in [3.05, 3.63) is 70.8 Å². The molecule has 0 amide bonds. The Morgan fingerprint density at radius 2 is 1.93 bits per heavy atom. The van der Waals surface area contributed by atoms with Crippen LogP contribution in [0.1, 0.15) is 5.56 Å². The van der Waals surface area contributed by atoms with Gasteiger partial charge in [-0.25, -0.2) is 4.98 Å². The summed E-state index contributed by atoms with van der Waals surface area (Å²) >= 11 is 3.48. The molecule has 0 aliphatic heterocycles. The Morgan fingerprint density at radius 1 is 1.11 bits per heavy atom. The average molecular weight is 424 g/mol. The van der Waals surface area contributed by atoms with Crippen molar-refractivity contribution in [1.29, 1.82) is 0 Å². The SMILES string of the molecule is COc1ccccc1Nc1c(-c2cc(Br)ccc2O)nc2ccc(C)cn12. The minimum Gasteiger partial charge on any atom is -0.507 e. The highest BCUT2D eigenvalue weighted by Crippen LogP contribution is 2.39. The van der Waals surface area contributed by atoms with Crippen molar-refractivity contribution in [1.82, 2.24) is 9.38 Å². The number of ether oxygens (including phenoxy) is 1. The van der Waals surface area contributed by atoms with Gasteiger partial charge >= 0.3 is 0 Å². The molecule has 0 radical (unpaired) electrons. The number of nitrogens with one attached hydrogen (secondary N) is 1. The Hall–Kier alpha value is -2.99. The summed E-state index contributed by atoms with van der Waals surface area (Å²) in [4.78, 5) is 4.76. The van der Waals surface area contributed by atoms with Crippen LogP contribution in [0.2, 0.25) is 0 Å². The van der Waals surface area contributed by atoms with Crippen LogP contribution in [0.25, 0.3) is 16.9 Å². The predicted molar refractivity (Wildman–Crippen MR) is 111 cm³/mol. The first-order chi connectivity index (χ1) is 13.1. The molecule has 0 spiro atoms. The number of pyridine rings is 1. The van der Waals surface area contributed by atoms with E-state index in [2.05, 4.69) is 21.2 Å². The summed E-state index contributed by atoms with van der Waals surface area (Å²) in [5, 5.41) is 13.9. The molecule has 2 N–H and O–H groups in total. The van der Waals surface area contributed by atoms with Crippen LogP contribution < -0.4 is 10.1 Å². The molecule has 0 fully saturated rings. The monoisotopic (exact) mass is 423 g/mol. The minimum atomic E-state index is 0.168. The lowest BCUT2D eigenvalue weighted by atomic mass is 10.1. The van der Waals surface area contributed by atoms with Gasteiger partial charge < -0.3 is 15.2 Å². The van der Waals surface area contributed by atoms with Crippen molar-refractivity contribution >= 4 is 33.1 Å². The molecule has 5 nitrogen and oxygen atoms in total. The quantitative estimate of drug-likeness (QED) is 0.452. The van der Waals surface area contributed by atoms with Crippen molar-refractivity contribution in [3.8, 4) is 22.8 Å². The molecule has 0 saturated heterocycles. The molecule has 4 rings (SSSR count). The van der Waals surface area contributed by atoms with Crippen LogP contribution in [0.5, 0.6) is 11.5 Å². The maximum absolute atomic E-state index is 10.4. The first-order valence-corrected chi connectivity index (χ1v) is 9.24. The lowest BCUT2D eigenvalue weighted by molar-refractivity contribution is 0.417. The van der Waals surface area contributed by atoms with Crippen molar-refractivity contribution in [2.75, 3.05) is 12.4 Å². The van der Waals surface area contributed by atoms with E-state index < -0.39 is 0 Å². The Bertz CT molecular complexity index is 1140. The molecule has 0 aliphatic carbocycles. The van der Waals surface area contributed by atoms with Crippen LogP contribution in [-0.4, -0.2) is 21.6 Å². The van der Waals surface area contributed by atoms with Crippen LogP contribution in [0.15, 0.2) is 65.3 Å². The molecule has 0 saturated carbocycles. The lowest BCUT2D eigenvalue weighted by Gasteiger charge is -2.13. The summed E-state index contributed by atoms with van der Waals surface area (Å²) in [6, 6.07) is 17.0. The Morgan fingerprint density at radius 3 is 2.74 bits per heavy atom. The van der Waals surface area contributed by atoms with Crippen LogP contribution in [0.3, 0.4) is 0 Å². The number of aryl methyl sites for hydroxylation is 1. The first-order valence-electron chi connectivity index (χ1n) is 8.44. The number of benzene rings is 2. The molecule has 27 heavy (non-hydrogen) atoms. The summed E-state index contributed by atoms with van der Waals surface area (Å²) < 4.78 is 8.32. The number of hydrogen-bond acceptors (Lipinski definition) is 4. The number of nitrogens with zero attached hydrogens (tertiary/aromatic N) is 2. The molecule has 0 bridgehead atoms. The number of para-hydroxylation sites is 2. The normalized spacial score (nSPS) is 10.9. The Labute approximate surface area is 165 Å². The molecule has 6 heteroatoms. The summed E-state index contributed by atoms with van der Waals surface area (Å²) in [6.45, 7) is 2.03. The second kappa shape index (κ2) is 6.96. The van der Waals surface area contributed by atoms with Crippen LogP contribution >= 0.6 is 15.9 Å². The summed E-state index contributed by atoms with van der Waals surface area (Å²) in [6.07, 6.45) is 2.01. The van der Waals surface area contributed by atoms with E-state index in [0.29, 0.717) is 11.3 Å². The lowest BCUT2D eigenvalue weighted by Crippen LogP contribution is -1.99. The molecule has 0 unspecified atom stereocenters. The fourth-order valence-corrected chi connectivity index (χ4v) is 3.39. The number of phenolic OH excluding ortho intramolecular Hbond substituents is 1. The number of phenols is 1. The van der Waals surface area contributed by atoms with Crippen molar-refractivity contribution in [2.24, 2.45) is 0 Å². The summed E-state index contributed by atoms with van der Waals surface area (Å²) in [5.41, 5.74) is 4.01. The van der Waals surface area contributed by atoms with Gasteiger partial charge in [-0.1, -0.05) is 34.1 Å². The third-order valence-corrected chi connectivity index (χ3v) is 4.83. The predicted octanol–water partition coefficient (Wildman–Crippen LogP) is 5.53. The zero-order valence-electron chi connectivity index (χ0n) is 14.9. The summed E-state index contributed by atoms with van der Waals surface area (Å²) in [7, 11) is 1.64. The van der Waals surface area contributed by atoms with Crippen LogP contribution in [0, 0.1) is 6.92 Å². The molecule has 136 valence electrons. The number of rotatable bonds is 4. The largest absolute Gasteiger partial charge is 0.507 e. The molecule has 0 aliphatic rings. The summed E-state index contributed by atoms with van der Waals surface area (Å²) in [5.74, 6) is 1.65. The van der Waals surface area contributed by atoms with Gasteiger partial charge in [0.1, 0.15) is 28.7 Å². The third kappa shape index (κ3) is 3.24. The number of fused-ring (bicyclic) bond motifs is 1. The van der Waals surface area contributed by atoms with Gasteiger partial charge in [0.15, 0.2) is 0 Å². The van der Waals surface area contributed by atoms with E-state index in [1.807, 2.05) is 60.0 Å². The zero-order valence-corrected chi connectivity index (χ0v) is 16.5. The van der Waals surface area contributed by atoms with E-state index in [1.165, 1.54) is 0 Å². The minimum absolute atomic E-state index is 0.168. The highest BCUT2D eigenvalue weighted by atomic mass is 79.9. The van der Waals surface area contributed by atoms with Gasteiger partial charge in [-0.05, 0) is 48.9 Å². The maximum atomic E-state index is 10.4. The van der Waals surface area contributed by atoms with Crippen molar-refractivity contribution in [3.63, 3.8) is 0 Å². The van der Waals surface area contributed by atoms with E-state index in [9.17, 15) is 5.11 Å². The van der Waals surface area contributed by atoms with E-state index in [0.717, 1.165) is 32.9 Å². The average Bonchev–Trinajstić information content (AvgIpc) is 3.01. The third-order valence-electron chi connectivity index (χ3n) is 4.34. The van der Waals surface area contributed by atoms with E-state index in [4.69, 9.17) is 9.72 Å². The number of aromatic nitrogens is 2. The molecular weight excluding hydrogens is 406 g/mol. The smallest absolute Gasteiger partial charge is 0.143 e. The highest BCUT2D eigenvalue weighted by molar-refractivity contribution is 9.10. The standard InChI is InChI=1S/C21H18BrN3O2/c1-13-7-10-19-24-20(15-11-14(22)8-9-17(15)26)21(25(19)12-13)23-16-5-3-4-6-18(16)27-2/h3-12,23,26H,1-2H3. The molecule has 2 aromatic carbocycles. The van der Waals surface area contributed by atoms with Gasteiger partial charge in [0.2, 0.25) is 0 Å². The number of methoxy groups -OCH3 is 1. The van der Waals surface area contributed by atoms with E-state index >= 15 is 0 Å². The van der Waals surface area contributed by atoms with Crippen molar-refractivity contribution < 1.29 is 9.84 Å². The first kappa shape index (κ1) is 17.4. The molecule has 0 atom stereocenters. The Kier molecular flexibility index (Phi) is 4.49. The van der Waals surface area contributed by atoms with Gasteiger partial charge in [0.25, 0.3) is 0 Å². The number of aromatic hydroxyl groups is 1. The number of hydrogen-bond donors (Lipinski definition) is 2. The maximum Gasteiger partial charge on any atom is 0.143 e. The fraction of sp³-hybridized carbons (Fsp3) is 0.0952. The zero-order chi connectivity index (χ0) is 19.0. The molecule has 2 aromatic heterocycles. The molecular formula is C21H18BrN3O2. The van der Waals surface area contributed by atoms with E-state index in [1.54, 1.807) is 19.2 Å². The van der Waals surface area contributed by atoms with Gasteiger partial charge in [0, 0.05) is 16.2 Å². The highest BCUT2D eigenvalue weighted by Gasteiger charge is 2.18. The van der Waals surface area contributed by atoms with Gasteiger partial charge in [-0.2, -0.15) is 0 Å². The van der Waals surface area contributed by atoms with E-state index in [-0.39, 0.29) is 5.75 Å². The van der Waals surface area contributed by atoms with Gasteiger partial charge in [-0.3, -0.25) is 4.40 Å². The van der Waals surface area contributed by atoms with Crippen molar-refractivity contribution in [2.45, 2.75) is 6.92 Å². The topological polar surface area (TPSA) is 58.8 Å². The van der Waals surface area contributed by atoms with Gasteiger partial charge in [-0.15, -0.1) is 0 Å². The second-order valence-corrected chi connectivity index (χ2v) is 7.15. The second-order valence-electron chi connectivity index (χ2n) is 6.23.